The number of hydrogen-bond acceptors (Lipinski definition) is 4. The Hall–Kier alpha value is -1.60. The van der Waals surface area contributed by atoms with Crippen molar-refractivity contribution in [2.75, 3.05) is 11.9 Å². The molecule has 0 spiro atoms. The number of nitrogens with zero attached hydrogens (tertiary/aromatic N) is 2. The molecule has 92 valence electrons. The van der Waals surface area contributed by atoms with Gasteiger partial charge in [-0.05, 0) is 30.9 Å². The molecule has 0 bridgehead atoms. The highest BCUT2D eigenvalue weighted by Gasteiger charge is 2.07. The quantitative estimate of drug-likeness (QED) is 0.817. The highest BCUT2D eigenvalue weighted by Crippen LogP contribution is 2.10. The molecule has 1 unspecified atom stereocenters. The molecular weight excluding hydrogens is 214 g/mol. The molecule has 0 radical (unpaired) electrons. The molecule has 1 aromatic heterocycles. The standard InChI is InChI=1S/C13H19N3O/c1-9(2)6-11(17)8-15-13-5-4-10(3)12(7-14)16-13/h4-5,9,11,17H,6,8H2,1-3H3,(H,15,16). The first-order valence-electron chi connectivity index (χ1n) is 5.82. The molecule has 17 heavy (non-hydrogen) atoms. The van der Waals surface area contributed by atoms with Crippen LogP contribution in [-0.4, -0.2) is 22.7 Å². The van der Waals surface area contributed by atoms with Crippen LogP contribution in [0.1, 0.15) is 31.5 Å². The minimum atomic E-state index is -0.386. The van der Waals surface area contributed by atoms with Gasteiger partial charge in [-0.2, -0.15) is 5.26 Å². The molecule has 1 heterocycles. The van der Waals surface area contributed by atoms with Crippen molar-refractivity contribution in [3.8, 4) is 6.07 Å². The number of pyridine rings is 1. The highest BCUT2D eigenvalue weighted by atomic mass is 16.3. The normalized spacial score (nSPS) is 12.2. The Bertz CT molecular complexity index is 410. The third kappa shape index (κ3) is 4.41. The van der Waals surface area contributed by atoms with E-state index in [4.69, 9.17) is 5.26 Å². The van der Waals surface area contributed by atoms with Gasteiger partial charge in [-0.1, -0.05) is 19.9 Å². The molecular formula is C13H19N3O. The summed E-state index contributed by atoms with van der Waals surface area (Å²) in [5.41, 5.74) is 1.29. The van der Waals surface area contributed by atoms with Crippen LogP contribution in [0.25, 0.3) is 0 Å². The average molecular weight is 233 g/mol. The third-order valence-electron chi connectivity index (χ3n) is 2.47. The molecule has 1 rings (SSSR count). The van der Waals surface area contributed by atoms with Gasteiger partial charge in [-0.3, -0.25) is 0 Å². The molecule has 0 aromatic carbocycles. The van der Waals surface area contributed by atoms with Crippen LogP contribution in [0.15, 0.2) is 12.1 Å². The van der Waals surface area contributed by atoms with Crippen LogP contribution in [0.2, 0.25) is 0 Å². The van der Waals surface area contributed by atoms with Crippen molar-refractivity contribution in [1.29, 1.82) is 5.26 Å². The molecule has 0 aliphatic heterocycles. The maximum Gasteiger partial charge on any atom is 0.145 e. The van der Waals surface area contributed by atoms with Crippen molar-refractivity contribution in [2.24, 2.45) is 5.92 Å². The lowest BCUT2D eigenvalue weighted by atomic mass is 10.1. The van der Waals surface area contributed by atoms with Gasteiger partial charge >= 0.3 is 0 Å². The van der Waals surface area contributed by atoms with E-state index in [2.05, 4.69) is 24.1 Å². The molecule has 0 saturated carbocycles. The fourth-order valence-electron chi connectivity index (χ4n) is 1.59. The summed E-state index contributed by atoms with van der Waals surface area (Å²) in [7, 11) is 0. The van der Waals surface area contributed by atoms with Crippen LogP contribution in [0.5, 0.6) is 0 Å². The van der Waals surface area contributed by atoms with E-state index in [1.807, 2.05) is 25.1 Å². The smallest absolute Gasteiger partial charge is 0.145 e. The van der Waals surface area contributed by atoms with Gasteiger partial charge in [0.05, 0.1) is 6.10 Å². The van der Waals surface area contributed by atoms with Crippen LogP contribution < -0.4 is 5.32 Å². The monoisotopic (exact) mass is 233 g/mol. The summed E-state index contributed by atoms with van der Waals surface area (Å²) in [5, 5.41) is 21.6. The molecule has 0 amide bonds. The Labute approximate surface area is 102 Å². The van der Waals surface area contributed by atoms with E-state index in [1.54, 1.807) is 0 Å². The Morgan fingerprint density at radius 2 is 2.18 bits per heavy atom. The largest absolute Gasteiger partial charge is 0.391 e. The van der Waals surface area contributed by atoms with Crippen LogP contribution in [0, 0.1) is 24.2 Å². The molecule has 0 fully saturated rings. The van der Waals surface area contributed by atoms with Crippen LogP contribution >= 0.6 is 0 Å². The number of aromatic nitrogens is 1. The van der Waals surface area contributed by atoms with Gasteiger partial charge in [0.25, 0.3) is 0 Å². The number of nitrogens with one attached hydrogen (secondary N) is 1. The van der Waals surface area contributed by atoms with Gasteiger partial charge in [0.2, 0.25) is 0 Å². The second-order valence-electron chi connectivity index (χ2n) is 4.64. The van der Waals surface area contributed by atoms with E-state index < -0.39 is 0 Å². The molecule has 2 N–H and O–H groups in total. The summed E-state index contributed by atoms with van der Waals surface area (Å²) in [6, 6.07) is 5.71. The zero-order chi connectivity index (χ0) is 12.8. The Kier molecular flexibility index (Phi) is 4.92. The second-order valence-corrected chi connectivity index (χ2v) is 4.64. The maximum absolute atomic E-state index is 9.71. The SMILES string of the molecule is Cc1ccc(NCC(O)CC(C)C)nc1C#N. The summed E-state index contributed by atoms with van der Waals surface area (Å²) in [5.74, 6) is 1.10. The minimum Gasteiger partial charge on any atom is -0.391 e. The number of nitriles is 1. The highest BCUT2D eigenvalue weighted by molar-refractivity contribution is 5.42. The van der Waals surface area contributed by atoms with E-state index in [0.717, 1.165) is 12.0 Å². The first-order valence-corrected chi connectivity index (χ1v) is 5.82. The van der Waals surface area contributed by atoms with Gasteiger partial charge in [0, 0.05) is 6.54 Å². The minimum absolute atomic E-state index is 0.386. The fourth-order valence-corrected chi connectivity index (χ4v) is 1.59. The topological polar surface area (TPSA) is 68.9 Å². The number of hydrogen-bond donors (Lipinski definition) is 2. The Balaban J connectivity index is 2.55. The van der Waals surface area contributed by atoms with Crippen molar-refractivity contribution in [1.82, 2.24) is 4.98 Å². The molecule has 4 nitrogen and oxygen atoms in total. The second kappa shape index (κ2) is 6.21. The fraction of sp³-hybridized carbons (Fsp3) is 0.538. The van der Waals surface area contributed by atoms with E-state index in [-0.39, 0.29) is 6.10 Å². The maximum atomic E-state index is 9.71. The predicted octanol–water partition coefficient (Wildman–Crippen LogP) is 2.08. The average Bonchev–Trinajstić information content (AvgIpc) is 2.27. The number of aryl methyl sites for hydroxylation is 1. The zero-order valence-electron chi connectivity index (χ0n) is 10.6. The van der Waals surface area contributed by atoms with Crippen molar-refractivity contribution < 1.29 is 5.11 Å². The van der Waals surface area contributed by atoms with Crippen molar-refractivity contribution in [3.05, 3.63) is 23.4 Å². The molecule has 0 saturated heterocycles. The molecule has 1 atom stereocenters. The number of aliphatic hydroxyl groups excluding tert-OH is 1. The Morgan fingerprint density at radius 3 is 2.76 bits per heavy atom. The van der Waals surface area contributed by atoms with E-state index in [0.29, 0.717) is 24.0 Å². The number of aliphatic hydroxyl groups is 1. The zero-order valence-corrected chi connectivity index (χ0v) is 10.6. The van der Waals surface area contributed by atoms with Crippen LogP contribution in [0.4, 0.5) is 5.82 Å². The summed E-state index contributed by atoms with van der Waals surface area (Å²) in [6.45, 7) is 6.45. The molecule has 4 heteroatoms. The van der Waals surface area contributed by atoms with Crippen molar-refractivity contribution in [3.63, 3.8) is 0 Å². The summed E-state index contributed by atoms with van der Waals surface area (Å²) in [4.78, 5) is 4.16. The van der Waals surface area contributed by atoms with Gasteiger partial charge in [0.1, 0.15) is 17.6 Å². The summed E-state index contributed by atoms with van der Waals surface area (Å²) in [6.07, 6.45) is 0.368. The lowest BCUT2D eigenvalue weighted by molar-refractivity contribution is 0.161. The van der Waals surface area contributed by atoms with Gasteiger partial charge in [-0.15, -0.1) is 0 Å². The van der Waals surface area contributed by atoms with Crippen molar-refractivity contribution >= 4 is 5.82 Å². The van der Waals surface area contributed by atoms with E-state index in [9.17, 15) is 5.11 Å². The lowest BCUT2D eigenvalue weighted by Gasteiger charge is -2.14. The van der Waals surface area contributed by atoms with Crippen LogP contribution in [-0.2, 0) is 0 Å². The molecule has 0 aliphatic rings. The lowest BCUT2D eigenvalue weighted by Crippen LogP contribution is -2.21. The van der Waals surface area contributed by atoms with Crippen molar-refractivity contribution in [2.45, 2.75) is 33.3 Å². The summed E-state index contributed by atoms with van der Waals surface area (Å²) < 4.78 is 0. The first kappa shape index (κ1) is 13.5. The van der Waals surface area contributed by atoms with Gasteiger partial charge in [-0.25, -0.2) is 4.98 Å². The number of anilines is 1. The Morgan fingerprint density at radius 1 is 1.47 bits per heavy atom. The van der Waals surface area contributed by atoms with E-state index in [1.165, 1.54) is 0 Å². The predicted molar refractivity (Wildman–Crippen MR) is 67.6 cm³/mol. The van der Waals surface area contributed by atoms with Gasteiger partial charge in [0.15, 0.2) is 0 Å². The number of rotatable bonds is 5. The molecule has 1 aromatic rings. The van der Waals surface area contributed by atoms with Gasteiger partial charge < -0.3 is 10.4 Å². The van der Waals surface area contributed by atoms with Crippen LogP contribution in [0.3, 0.4) is 0 Å². The first-order chi connectivity index (χ1) is 8.02. The molecule has 0 aliphatic carbocycles. The summed E-state index contributed by atoms with van der Waals surface area (Å²) >= 11 is 0. The van der Waals surface area contributed by atoms with E-state index >= 15 is 0 Å². The third-order valence-corrected chi connectivity index (χ3v) is 2.47.